The summed E-state index contributed by atoms with van der Waals surface area (Å²) in [4.78, 5) is 7.24. The lowest BCUT2D eigenvalue weighted by Crippen LogP contribution is -2.40. The molecule has 3 atom stereocenters. The monoisotopic (exact) mass is 289 g/mol. The first-order valence-electron chi connectivity index (χ1n) is 8.61. The van der Waals surface area contributed by atoms with Crippen molar-refractivity contribution in [3.63, 3.8) is 0 Å². The molecule has 0 amide bonds. The largest absolute Gasteiger partial charge is 0.368 e. The molecule has 0 saturated carbocycles. The van der Waals surface area contributed by atoms with E-state index in [1.807, 2.05) is 0 Å². The molecule has 21 heavy (non-hydrogen) atoms. The fraction of sp³-hybridized carbons (Fsp3) is 0.722. The zero-order chi connectivity index (χ0) is 15.2. The standard InChI is InChI=1S/C18H31N3/c1-5-10-19-17(6-2)18-8-7-16(13-20-18)21-11-9-14(3)12-15(21)4/h7-8,13-15,17,19H,5-6,9-12H2,1-4H3. The first kappa shape index (κ1) is 16.3. The van der Waals surface area contributed by atoms with E-state index in [4.69, 9.17) is 4.98 Å². The van der Waals surface area contributed by atoms with Crippen LogP contribution in [0.15, 0.2) is 18.3 Å². The van der Waals surface area contributed by atoms with Crippen molar-refractivity contribution in [3.8, 4) is 0 Å². The van der Waals surface area contributed by atoms with Gasteiger partial charge in [0.1, 0.15) is 0 Å². The van der Waals surface area contributed by atoms with Gasteiger partial charge in [-0.2, -0.15) is 0 Å². The molecule has 0 aromatic carbocycles. The maximum Gasteiger partial charge on any atom is 0.0574 e. The lowest BCUT2D eigenvalue weighted by Gasteiger charge is -2.38. The van der Waals surface area contributed by atoms with Crippen LogP contribution < -0.4 is 10.2 Å². The molecule has 1 aromatic rings. The molecule has 3 nitrogen and oxygen atoms in total. The first-order valence-corrected chi connectivity index (χ1v) is 8.61. The fourth-order valence-electron chi connectivity index (χ4n) is 3.34. The molecule has 1 fully saturated rings. The van der Waals surface area contributed by atoms with Gasteiger partial charge < -0.3 is 10.2 Å². The van der Waals surface area contributed by atoms with E-state index in [2.05, 4.69) is 56.2 Å². The summed E-state index contributed by atoms with van der Waals surface area (Å²) in [5, 5.41) is 3.57. The molecule has 1 aromatic heterocycles. The Balaban J connectivity index is 2.04. The molecular weight excluding hydrogens is 258 g/mol. The molecule has 1 aliphatic rings. The molecule has 0 aliphatic carbocycles. The van der Waals surface area contributed by atoms with Crippen molar-refractivity contribution in [2.75, 3.05) is 18.0 Å². The molecular formula is C18H31N3. The highest BCUT2D eigenvalue weighted by Gasteiger charge is 2.23. The number of rotatable bonds is 6. The van der Waals surface area contributed by atoms with E-state index in [1.165, 1.54) is 24.2 Å². The van der Waals surface area contributed by atoms with Crippen molar-refractivity contribution < 1.29 is 0 Å². The van der Waals surface area contributed by atoms with Crippen LogP contribution in [0.3, 0.4) is 0 Å². The van der Waals surface area contributed by atoms with Crippen molar-refractivity contribution >= 4 is 5.69 Å². The first-order chi connectivity index (χ1) is 10.2. The molecule has 1 aliphatic heterocycles. The predicted molar refractivity (Wildman–Crippen MR) is 90.8 cm³/mol. The summed E-state index contributed by atoms with van der Waals surface area (Å²) in [5.41, 5.74) is 2.45. The van der Waals surface area contributed by atoms with Crippen molar-refractivity contribution in [2.24, 2.45) is 5.92 Å². The second-order valence-electron chi connectivity index (χ2n) is 6.53. The van der Waals surface area contributed by atoms with Gasteiger partial charge in [0.2, 0.25) is 0 Å². The van der Waals surface area contributed by atoms with E-state index >= 15 is 0 Å². The third-order valence-corrected chi connectivity index (χ3v) is 4.65. The average molecular weight is 289 g/mol. The molecule has 1 N–H and O–H groups in total. The van der Waals surface area contributed by atoms with Crippen LogP contribution in [0.1, 0.15) is 65.1 Å². The molecule has 3 unspecified atom stereocenters. The minimum absolute atomic E-state index is 0.387. The van der Waals surface area contributed by atoms with Crippen molar-refractivity contribution in [1.29, 1.82) is 0 Å². The van der Waals surface area contributed by atoms with Crippen LogP contribution in [0.5, 0.6) is 0 Å². The van der Waals surface area contributed by atoms with Gasteiger partial charge in [-0.05, 0) is 57.2 Å². The van der Waals surface area contributed by atoms with Gasteiger partial charge in [-0.15, -0.1) is 0 Å². The number of nitrogens with one attached hydrogen (secondary N) is 1. The zero-order valence-electron chi connectivity index (χ0n) is 14.1. The summed E-state index contributed by atoms with van der Waals surface area (Å²) >= 11 is 0. The van der Waals surface area contributed by atoms with Crippen LogP contribution in [0.25, 0.3) is 0 Å². The number of pyridine rings is 1. The fourth-order valence-corrected chi connectivity index (χ4v) is 3.34. The van der Waals surface area contributed by atoms with Crippen LogP contribution in [0.2, 0.25) is 0 Å². The highest BCUT2D eigenvalue weighted by molar-refractivity contribution is 5.46. The Hall–Kier alpha value is -1.09. The number of piperidine rings is 1. The molecule has 3 heteroatoms. The van der Waals surface area contributed by atoms with E-state index < -0.39 is 0 Å². The molecule has 0 radical (unpaired) electrons. The van der Waals surface area contributed by atoms with Gasteiger partial charge in [0.15, 0.2) is 0 Å². The predicted octanol–water partition coefficient (Wildman–Crippen LogP) is 4.16. The third-order valence-electron chi connectivity index (χ3n) is 4.65. The Morgan fingerprint density at radius 1 is 1.33 bits per heavy atom. The summed E-state index contributed by atoms with van der Waals surface area (Å²) in [6, 6.07) is 5.47. The van der Waals surface area contributed by atoms with Crippen LogP contribution in [0, 0.1) is 5.92 Å². The lowest BCUT2D eigenvalue weighted by atomic mass is 9.93. The molecule has 2 rings (SSSR count). The van der Waals surface area contributed by atoms with E-state index in [-0.39, 0.29) is 0 Å². The Morgan fingerprint density at radius 3 is 2.71 bits per heavy atom. The number of hydrogen-bond donors (Lipinski definition) is 1. The van der Waals surface area contributed by atoms with E-state index in [0.29, 0.717) is 12.1 Å². The Bertz CT molecular complexity index is 415. The summed E-state index contributed by atoms with van der Waals surface area (Å²) in [6.45, 7) is 11.3. The minimum Gasteiger partial charge on any atom is -0.368 e. The third kappa shape index (κ3) is 4.19. The SMILES string of the molecule is CCCNC(CC)c1ccc(N2CCC(C)CC2C)cn1. The van der Waals surface area contributed by atoms with Crippen LogP contribution in [-0.4, -0.2) is 24.1 Å². The highest BCUT2D eigenvalue weighted by Crippen LogP contribution is 2.28. The van der Waals surface area contributed by atoms with Gasteiger partial charge in [-0.3, -0.25) is 4.98 Å². The maximum atomic E-state index is 4.73. The number of nitrogens with zero attached hydrogens (tertiary/aromatic N) is 2. The molecule has 0 bridgehead atoms. The van der Waals surface area contributed by atoms with E-state index in [9.17, 15) is 0 Å². The Kier molecular flexibility index (Phi) is 6.04. The molecule has 0 spiro atoms. The van der Waals surface area contributed by atoms with Gasteiger partial charge >= 0.3 is 0 Å². The Morgan fingerprint density at radius 2 is 2.14 bits per heavy atom. The average Bonchev–Trinajstić information content (AvgIpc) is 2.49. The van der Waals surface area contributed by atoms with Crippen molar-refractivity contribution in [2.45, 2.75) is 65.5 Å². The maximum absolute atomic E-state index is 4.73. The summed E-state index contributed by atoms with van der Waals surface area (Å²) in [6.07, 6.45) is 6.90. The van der Waals surface area contributed by atoms with Gasteiger partial charge in [-0.1, -0.05) is 20.8 Å². The van der Waals surface area contributed by atoms with Gasteiger partial charge in [-0.25, -0.2) is 0 Å². The molecule has 1 saturated heterocycles. The van der Waals surface area contributed by atoms with Crippen molar-refractivity contribution in [3.05, 3.63) is 24.0 Å². The second kappa shape index (κ2) is 7.79. The van der Waals surface area contributed by atoms with Crippen molar-refractivity contribution in [1.82, 2.24) is 10.3 Å². The normalized spacial score (nSPS) is 24.1. The number of anilines is 1. The second-order valence-corrected chi connectivity index (χ2v) is 6.53. The smallest absolute Gasteiger partial charge is 0.0574 e. The summed E-state index contributed by atoms with van der Waals surface area (Å²) in [7, 11) is 0. The molecule has 2 heterocycles. The van der Waals surface area contributed by atoms with Gasteiger partial charge in [0.25, 0.3) is 0 Å². The van der Waals surface area contributed by atoms with E-state index in [1.54, 1.807) is 0 Å². The Labute approximate surface area is 130 Å². The van der Waals surface area contributed by atoms with Crippen LogP contribution in [-0.2, 0) is 0 Å². The lowest BCUT2D eigenvalue weighted by molar-refractivity contribution is 0.377. The minimum atomic E-state index is 0.387. The van der Waals surface area contributed by atoms with Crippen LogP contribution in [0.4, 0.5) is 5.69 Å². The summed E-state index contributed by atoms with van der Waals surface area (Å²) in [5.74, 6) is 0.853. The quantitative estimate of drug-likeness (QED) is 0.852. The van der Waals surface area contributed by atoms with Crippen LogP contribution >= 0.6 is 0 Å². The van der Waals surface area contributed by atoms with Gasteiger partial charge in [0.05, 0.1) is 17.6 Å². The zero-order valence-corrected chi connectivity index (χ0v) is 14.1. The summed E-state index contributed by atoms with van der Waals surface area (Å²) < 4.78 is 0. The highest BCUT2D eigenvalue weighted by atomic mass is 15.2. The topological polar surface area (TPSA) is 28.2 Å². The number of hydrogen-bond acceptors (Lipinski definition) is 3. The van der Waals surface area contributed by atoms with E-state index in [0.717, 1.165) is 31.8 Å². The number of aromatic nitrogens is 1. The molecule has 118 valence electrons. The van der Waals surface area contributed by atoms with Gasteiger partial charge in [0, 0.05) is 18.6 Å².